The zero-order valence-electron chi connectivity index (χ0n) is 14.5. The largest absolute Gasteiger partial charge is 0.490 e. The Morgan fingerprint density at radius 2 is 2.17 bits per heavy atom. The van der Waals surface area contributed by atoms with Gasteiger partial charge in [-0.05, 0) is 57.4 Å². The molecule has 2 heterocycles. The minimum absolute atomic E-state index is 0.407. The Balaban J connectivity index is 1.62. The number of ether oxygens (including phenoxy) is 1. The number of hydrogen-bond donors (Lipinski definition) is 1. The van der Waals surface area contributed by atoms with Gasteiger partial charge in [0.25, 0.3) is 0 Å². The van der Waals surface area contributed by atoms with Crippen LogP contribution in [0.4, 0.5) is 5.69 Å². The summed E-state index contributed by atoms with van der Waals surface area (Å²) in [6, 6.07) is 6.84. The average molecular weight is 318 g/mol. The number of likely N-dealkylation sites (tertiary alicyclic amines) is 1. The molecule has 0 spiro atoms. The standard InChI is InChI=1S/C19H30N2O2/c1-3-20-12-13-23-19-14-16(7-8-17(19)20)18(22)9-11-21-10-5-4-6-15(21)2/h7-8,14-15,18,22H,3-6,9-13H2,1-2H3. The molecule has 1 fully saturated rings. The van der Waals surface area contributed by atoms with Crippen LogP contribution < -0.4 is 9.64 Å². The van der Waals surface area contributed by atoms with Gasteiger partial charge in [-0.15, -0.1) is 0 Å². The highest BCUT2D eigenvalue weighted by Crippen LogP contribution is 2.34. The molecule has 0 aromatic heterocycles. The van der Waals surface area contributed by atoms with E-state index in [1.807, 2.05) is 6.07 Å². The summed E-state index contributed by atoms with van der Waals surface area (Å²) in [5.74, 6) is 0.918. The Kier molecular flexibility index (Phi) is 5.44. The van der Waals surface area contributed by atoms with E-state index in [1.54, 1.807) is 0 Å². The van der Waals surface area contributed by atoms with Gasteiger partial charge in [0.15, 0.2) is 0 Å². The number of nitrogens with zero attached hydrogens (tertiary/aromatic N) is 2. The molecular weight excluding hydrogens is 288 g/mol. The first-order valence-corrected chi connectivity index (χ1v) is 9.13. The summed E-state index contributed by atoms with van der Waals surface area (Å²) in [5.41, 5.74) is 2.13. The number of fused-ring (bicyclic) bond motifs is 1. The van der Waals surface area contributed by atoms with E-state index < -0.39 is 6.10 Å². The van der Waals surface area contributed by atoms with E-state index in [2.05, 4.69) is 35.8 Å². The number of anilines is 1. The minimum atomic E-state index is -0.407. The maximum Gasteiger partial charge on any atom is 0.143 e. The van der Waals surface area contributed by atoms with E-state index in [4.69, 9.17) is 4.74 Å². The Bertz CT molecular complexity index is 520. The van der Waals surface area contributed by atoms with Crippen molar-refractivity contribution in [1.29, 1.82) is 0 Å². The maximum atomic E-state index is 10.6. The molecule has 1 N–H and O–H groups in total. The number of aliphatic hydroxyl groups excluding tert-OH is 1. The molecule has 2 aliphatic rings. The Morgan fingerprint density at radius 1 is 1.30 bits per heavy atom. The molecule has 1 aromatic rings. The van der Waals surface area contributed by atoms with E-state index >= 15 is 0 Å². The lowest BCUT2D eigenvalue weighted by Crippen LogP contribution is -2.38. The third kappa shape index (κ3) is 3.81. The molecule has 1 aromatic carbocycles. The van der Waals surface area contributed by atoms with Crippen molar-refractivity contribution in [2.75, 3.05) is 37.7 Å². The van der Waals surface area contributed by atoms with Crippen LogP contribution in [0.3, 0.4) is 0 Å². The van der Waals surface area contributed by atoms with Gasteiger partial charge in [0.2, 0.25) is 0 Å². The summed E-state index contributed by atoms with van der Waals surface area (Å²) in [6.45, 7) is 9.28. The second-order valence-corrected chi connectivity index (χ2v) is 6.84. The maximum absolute atomic E-state index is 10.6. The molecule has 23 heavy (non-hydrogen) atoms. The zero-order valence-corrected chi connectivity index (χ0v) is 14.5. The van der Waals surface area contributed by atoms with Gasteiger partial charge in [0.05, 0.1) is 18.3 Å². The molecule has 0 saturated carbocycles. The van der Waals surface area contributed by atoms with E-state index in [0.29, 0.717) is 6.04 Å². The summed E-state index contributed by atoms with van der Waals surface area (Å²) in [4.78, 5) is 4.84. The Labute approximate surface area is 140 Å². The number of aliphatic hydroxyl groups is 1. The van der Waals surface area contributed by atoms with Crippen molar-refractivity contribution in [3.8, 4) is 5.75 Å². The lowest BCUT2D eigenvalue weighted by Gasteiger charge is -2.34. The van der Waals surface area contributed by atoms with Crippen LogP contribution in [0.2, 0.25) is 0 Å². The molecule has 0 radical (unpaired) electrons. The Morgan fingerprint density at radius 3 is 2.96 bits per heavy atom. The molecule has 2 unspecified atom stereocenters. The van der Waals surface area contributed by atoms with Crippen LogP contribution in [-0.2, 0) is 0 Å². The summed E-state index contributed by atoms with van der Waals surface area (Å²) < 4.78 is 5.79. The van der Waals surface area contributed by atoms with Crippen molar-refractivity contribution in [2.45, 2.75) is 51.7 Å². The van der Waals surface area contributed by atoms with Gasteiger partial charge in [-0.2, -0.15) is 0 Å². The van der Waals surface area contributed by atoms with E-state index in [1.165, 1.54) is 25.8 Å². The minimum Gasteiger partial charge on any atom is -0.490 e. The third-order valence-corrected chi connectivity index (χ3v) is 5.34. The molecule has 3 rings (SSSR count). The SMILES string of the molecule is CCN1CCOc2cc(C(O)CCN3CCCCC3C)ccc21. The van der Waals surface area contributed by atoms with Crippen molar-refractivity contribution in [2.24, 2.45) is 0 Å². The highest BCUT2D eigenvalue weighted by Gasteiger charge is 2.21. The van der Waals surface area contributed by atoms with Gasteiger partial charge in [-0.3, -0.25) is 0 Å². The van der Waals surface area contributed by atoms with Gasteiger partial charge in [0.1, 0.15) is 12.4 Å². The topological polar surface area (TPSA) is 35.9 Å². The summed E-state index contributed by atoms with van der Waals surface area (Å²) in [5, 5.41) is 10.6. The normalized spacial score (nSPS) is 23.3. The summed E-state index contributed by atoms with van der Waals surface area (Å²) in [7, 11) is 0. The molecule has 0 bridgehead atoms. The lowest BCUT2D eigenvalue weighted by atomic mass is 10.0. The van der Waals surface area contributed by atoms with Gasteiger partial charge >= 0.3 is 0 Å². The number of piperidine rings is 1. The van der Waals surface area contributed by atoms with Gasteiger partial charge in [-0.1, -0.05) is 12.5 Å². The predicted octanol–water partition coefficient (Wildman–Crippen LogP) is 3.20. The molecule has 4 nitrogen and oxygen atoms in total. The first-order chi connectivity index (χ1) is 11.2. The zero-order chi connectivity index (χ0) is 16.2. The fourth-order valence-corrected chi connectivity index (χ4v) is 3.77. The molecule has 0 aliphatic carbocycles. The van der Waals surface area contributed by atoms with Crippen LogP contribution >= 0.6 is 0 Å². The molecule has 2 atom stereocenters. The molecular formula is C19H30N2O2. The van der Waals surface area contributed by atoms with Gasteiger partial charge < -0.3 is 19.6 Å². The average Bonchev–Trinajstić information content (AvgIpc) is 2.59. The van der Waals surface area contributed by atoms with Crippen LogP contribution in [0.15, 0.2) is 18.2 Å². The second-order valence-electron chi connectivity index (χ2n) is 6.84. The van der Waals surface area contributed by atoms with Crippen LogP contribution in [0, 0.1) is 0 Å². The van der Waals surface area contributed by atoms with E-state index in [-0.39, 0.29) is 0 Å². The van der Waals surface area contributed by atoms with Gasteiger partial charge in [-0.25, -0.2) is 0 Å². The van der Waals surface area contributed by atoms with Crippen molar-refractivity contribution < 1.29 is 9.84 Å². The highest BCUT2D eigenvalue weighted by molar-refractivity contribution is 5.61. The monoisotopic (exact) mass is 318 g/mol. The smallest absolute Gasteiger partial charge is 0.143 e. The molecule has 128 valence electrons. The van der Waals surface area contributed by atoms with Crippen molar-refractivity contribution in [1.82, 2.24) is 4.90 Å². The van der Waals surface area contributed by atoms with Crippen molar-refractivity contribution in [3.63, 3.8) is 0 Å². The summed E-state index contributed by atoms with van der Waals surface area (Å²) >= 11 is 0. The second kappa shape index (κ2) is 7.54. The number of likely N-dealkylation sites (N-methyl/N-ethyl adjacent to an activating group) is 1. The quantitative estimate of drug-likeness (QED) is 0.904. The van der Waals surface area contributed by atoms with Crippen molar-refractivity contribution >= 4 is 5.69 Å². The number of benzene rings is 1. The van der Waals surface area contributed by atoms with Crippen LogP contribution in [0.1, 0.15) is 51.2 Å². The molecule has 0 amide bonds. The van der Waals surface area contributed by atoms with E-state index in [0.717, 1.165) is 49.7 Å². The van der Waals surface area contributed by atoms with Crippen LogP contribution in [0.25, 0.3) is 0 Å². The molecule has 4 heteroatoms. The fraction of sp³-hybridized carbons (Fsp3) is 0.684. The first kappa shape index (κ1) is 16.6. The molecule has 2 aliphatic heterocycles. The first-order valence-electron chi connectivity index (χ1n) is 9.13. The Hall–Kier alpha value is -1.26. The summed E-state index contributed by atoms with van der Waals surface area (Å²) in [6.07, 6.45) is 4.31. The van der Waals surface area contributed by atoms with E-state index in [9.17, 15) is 5.11 Å². The molecule has 1 saturated heterocycles. The predicted molar refractivity (Wildman–Crippen MR) is 94.3 cm³/mol. The highest BCUT2D eigenvalue weighted by atomic mass is 16.5. The lowest BCUT2D eigenvalue weighted by molar-refractivity contribution is 0.109. The fourth-order valence-electron chi connectivity index (χ4n) is 3.77. The third-order valence-electron chi connectivity index (χ3n) is 5.34. The van der Waals surface area contributed by atoms with Gasteiger partial charge in [0, 0.05) is 19.1 Å². The number of hydrogen-bond acceptors (Lipinski definition) is 4. The van der Waals surface area contributed by atoms with Crippen LogP contribution in [-0.4, -0.2) is 48.8 Å². The van der Waals surface area contributed by atoms with Crippen molar-refractivity contribution in [3.05, 3.63) is 23.8 Å². The number of rotatable bonds is 5. The van der Waals surface area contributed by atoms with Crippen LogP contribution in [0.5, 0.6) is 5.75 Å².